The maximum absolute atomic E-state index is 5.83. The van der Waals surface area contributed by atoms with E-state index in [1.54, 1.807) is 0 Å². The zero-order valence-electron chi connectivity index (χ0n) is 15.1. The fourth-order valence-electron chi connectivity index (χ4n) is 5.00. The van der Waals surface area contributed by atoms with Crippen LogP contribution in [-0.4, -0.2) is 31.6 Å². The Balaban J connectivity index is 1.48. The molecule has 0 saturated heterocycles. The molecule has 4 aliphatic heterocycles. The van der Waals surface area contributed by atoms with E-state index < -0.39 is 0 Å². The van der Waals surface area contributed by atoms with Crippen LogP contribution in [0.5, 0.6) is 23.0 Å². The van der Waals surface area contributed by atoms with Crippen molar-refractivity contribution in [2.24, 2.45) is 5.73 Å². The molecule has 6 heteroatoms. The van der Waals surface area contributed by atoms with Gasteiger partial charge in [0.2, 0.25) is 13.6 Å². The minimum atomic E-state index is 0.310. The summed E-state index contributed by atoms with van der Waals surface area (Å²) in [7, 11) is 0. The molecule has 0 radical (unpaired) electrons. The van der Waals surface area contributed by atoms with Gasteiger partial charge in [-0.05, 0) is 72.3 Å². The summed E-state index contributed by atoms with van der Waals surface area (Å²) < 4.78 is 22.5. The second-order valence-corrected chi connectivity index (χ2v) is 7.63. The van der Waals surface area contributed by atoms with E-state index in [9.17, 15) is 0 Å². The summed E-state index contributed by atoms with van der Waals surface area (Å²) in [5.41, 5.74) is 11.3. The molecule has 6 nitrogen and oxygen atoms in total. The molecule has 6 rings (SSSR count). The molecule has 0 aliphatic carbocycles. The fraction of sp³-hybridized carbons (Fsp3) is 0.429. The standard InChI is InChI=1S/C21H22N2O4/c22-2-1-3-23-16-4-12-6-18-20(26-10-24-18)8-14(12)17(23)5-13-7-19-21(9-15(13)16)27-11-25-19/h6-9,16-17H,1-5,10-11,22H2. The Morgan fingerprint density at radius 1 is 0.778 bits per heavy atom. The molecule has 0 saturated carbocycles. The van der Waals surface area contributed by atoms with Crippen LogP contribution < -0.4 is 24.7 Å². The fourth-order valence-corrected chi connectivity index (χ4v) is 5.00. The predicted octanol–water partition coefficient (Wildman–Crippen LogP) is 2.69. The summed E-state index contributed by atoms with van der Waals surface area (Å²) in [6.07, 6.45) is 2.91. The number of benzene rings is 2. The first-order valence-electron chi connectivity index (χ1n) is 9.62. The molecule has 2 aromatic carbocycles. The second-order valence-electron chi connectivity index (χ2n) is 7.63. The Kier molecular flexibility index (Phi) is 3.34. The van der Waals surface area contributed by atoms with Crippen LogP contribution in [0, 0.1) is 0 Å². The molecule has 2 bridgehead atoms. The Morgan fingerprint density at radius 2 is 1.26 bits per heavy atom. The van der Waals surface area contributed by atoms with Crippen molar-refractivity contribution in [2.75, 3.05) is 26.7 Å². The van der Waals surface area contributed by atoms with E-state index >= 15 is 0 Å². The Hall–Kier alpha value is -2.44. The lowest BCUT2D eigenvalue weighted by Crippen LogP contribution is -2.43. The third kappa shape index (κ3) is 2.26. The van der Waals surface area contributed by atoms with Gasteiger partial charge in [0.15, 0.2) is 23.0 Å². The third-order valence-corrected chi connectivity index (χ3v) is 6.23. The van der Waals surface area contributed by atoms with Crippen molar-refractivity contribution in [3.63, 3.8) is 0 Å². The molecule has 27 heavy (non-hydrogen) atoms. The number of hydrogen-bond acceptors (Lipinski definition) is 6. The van der Waals surface area contributed by atoms with Gasteiger partial charge in [0.05, 0.1) is 0 Å². The first kappa shape index (κ1) is 15.6. The molecule has 0 fully saturated rings. The first-order chi connectivity index (χ1) is 13.3. The van der Waals surface area contributed by atoms with Crippen LogP contribution in [-0.2, 0) is 12.8 Å². The number of nitrogens with zero attached hydrogens (tertiary/aromatic N) is 1. The summed E-state index contributed by atoms with van der Waals surface area (Å²) in [5.74, 6) is 3.46. The number of ether oxygens (including phenoxy) is 4. The SMILES string of the molecule is NCCCN1C2Cc3cc4c(cc3C1Cc1cc3c(cc12)OCO3)OCO4. The summed E-state index contributed by atoms with van der Waals surface area (Å²) >= 11 is 0. The largest absolute Gasteiger partial charge is 0.454 e. The molecule has 0 amide bonds. The van der Waals surface area contributed by atoms with Gasteiger partial charge in [-0.15, -0.1) is 0 Å². The zero-order valence-corrected chi connectivity index (χ0v) is 15.1. The van der Waals surface area contributed by atoms with E-state index in [0.717, 1.165) is 48.8 Å². The molecule has 0 spiro atoms. The lowest BCUT2D eigenvalue weighted by molar-refractivity contribution is 0.100. The molecule has 140 valence electrons. The highest BCUT2D eigenvalue weighted by atomic mass is 16.7. The third-order valence-electron chi connectivity index (χ3n) is 6.23. The zero-order chi connectivity index (χ0) is 18.0. The lowest BCUT2D eigenvalue weighted by atomic mass is 9.76. The van der Waals surface area contributed by atoms with Gasteiger partial charge in [0, 0.05) is 18.6 Å². The van der Waals surface area contributed by atoms with Crippen LogP contribution >= 0.6 is 0 Å². The van der Waals surface area contributed by atoms with E-state index in [2.05, 4.69) is 29.2 Å². The predicted molar refractivity (Wildman–Crippen MR) is 98.4 cm³/mol. The van der Waals surface area contributed by atoms with Gasteiger partial charge in [-0.1, -0.05) is 0 Å². The summed E-state index contributed by atoms with van der Waals surface area (Å²) in [4.78, 5) is 2.61. The van der Waals surface area contributed by atoms with Crippen LogP contribution in [0.25, 0.3) is 0 Å². The Labute approximate surface area is 157 Å². The van der Waals surface area contributed by atoms with E-state index in [1.807, 2.05) is 0 Å². The van der Waals surface area contributed by atoms with Gasteiger partial charge in [0.1, 0.15) is 0 Å². The van der Waals surface area contributed by atoms with Gasteiger partial charge in [-0.25, -0.2) is 0 Å². The molecular formula is C21H22N2O4. The van der Waals surface area contributed by atoms with Crippen molar-refractivity contribution < 1.29 is 18.9 Å². The van der Waals surface area contributed by atoms with E-state index in [-0.39, 0.29) is 0 Å². The molecule has 2 atom stereocenters. The molecule has 2 unspecified atom stereocenters. The van der Waals surface area contributed by atoms with Crippen molar-refractivity contribution in [3.8, 4) is 23.0 Å². The van der Waals surface area contributed by atoms with Gasteiger partial charge >= 0.3 is 0 Å². The Morgan fingerprint density at radius 3 is 1.74 bits per heavy atom. The second kappa shape index (κ2) is 5.78. The summed E-state index contributed by atoms with van der Waals surface area (Å²) in [6.45, 7) is 2.32. The highest BCUT2D eigenvalue weighted by Gasteiger charge is 2.41. The quantitative estimate of drug-likeness (QED) is 0.901. The van der Waals surface area contributed by atoms with E-state index in [4.69, 9.17) is 24.7 Å². The molecule has 4 aliphatic rings. The average Bonchev–Trinajstić information content (AvgIpc) is 3.32. The van der Waals surface area contributed by atoms with Gasteiger partial charge in [-0.3, -0.25) is 4.90 Å². The monoisotopic (exact) mass is 366 g/mol. The lowest BCUT2D eigenvalue weighted by Gasteiger charge is -2.48. The molecule has 2 N–H and O–H groups in total. The smallest absolute Gasteiger partial charge is 0.231 e. The number of rotatable bonds is 3. The number of nitrogens with two attached hydrogens (primary N) is 1. The minimum absolute atomic E-state index is 0.310. The summed E-state index contributed by atoms with van der Waals surface area (Å²) in [5, 5.41) is 0. The van der Waals surface area contributed by atoms with Crippen molar-refractivity contribution in [2.45, 2.75) is 31.3 Å². The van der Waals surface area contributed by atoms with Crippen molar-refractivity contribution in [1.82, 2.24) is 4.90 Å². The summed E-state index contributed by atoms with van der Waals surface area (Å²) in [6, 6.07) is 9.38. The Bertz CT molecular complexity index is 857. The van der Waals surface area contributed by atoms with Crippen LogP contribution in [0.1, 0.15) is 40.8 Å². The van der Waals surface area contributed by atoms with Crippen molar-refractivity contribution in [1.29, 1.82) is 0 Å². The average molecular weight is 366 g/mol. The van der Waals surface area contributed by atoms with Crippen molar-refractivity contribution in [3.05, 3.63) is 46.5 Å². The maximum Gasteiger partial charge on any atom is 0.231 e. The normalized spacial score (nSPS) is 23.9. The van der Waals surface area contributed by atoms with Gasteiger partial charge in [-0.2, -0.15) is 0 Å². The van der Waals surface area contributed by atoms with Crippen molar-refractivity contribution >= 4 is 0 Å². The first-order valence-corrected chi connectivity index (χ1v) is 9.62. The molecule has 4 heterocycles. The van der Waals surface area contributed by atoms with E-state index in [0.29, 0.717) is 32.2 Å². The van der Waals surface area contributed by atoms with Gasteiger partial charge in [0.25, 0.3) is 0 Å². The molecule has 0 aromatic heterocycles. The van der Waals surface area contributed by atoms with E-state index in [1.165, 1.54) is 22.3 Å². The van der Waals surface area contributed by atoms with Crippen LogP contribution in [0.2, 0.25) is 0 Å². The molecule has 2 aromatic rings. The van der Waals surface area contributed by atoms with Crippen LogP contribution in [0.3, 0.4) is 0 Å². The molecular weight excluding hydrogens is 344 g/mol. The topological polar surface area (TPSA) is 66.2 Å². The highest BCUT2D eigenvalue weighted by Crippen LogP contribution is 2.52. The van der Waals surface area contributed by atoms with Crippen LogP contribution in [0.4, 0.5) is 0 Å². The number of hydrogen-bond donors (Lipinski definition) is 1. The minimum Gasteiger partial charge on any atom is -0.454 e. The van der Waals surface area contributed by atoms with Crippen LogP contribution in [0.15, 0.2) is 24.3 Å². The number of fused-ring (bicyclic) bond motifs is 8. The highest BCUT2D eigenvalue weighted by molar-refractivity contribution is 5.56. The maximum atomic E-state index is 5.83. The van der Waals surface area contributed by atoms with Gasteiger partial charge < -0.3 is 24.7 Å².